The average molecular weight is 443 g/mol. The Morgan fingerprint density at radius 2 is 1.55 bits per heavy atom. The quantitative estimate of drug-likeness (QED) is 0.594. The van der Waals surface area contributed by atoms with Crippen LogP contribution in [-0.2, 0) is 11.2 Å². The number of anilines is 3. The average Bonchev–Trinajstić information content (AvgIpc) is 2.81. The zero-order valence-electron chi connectivity index (χ0n) is 19.2. The minimum atomic E-state index is -0.266. The van der Waals surface area contributed by atoms with Crippen LogP contribution < -0.4 is 15.5 Å². The predicted octanol–water partition coefficient (Wildman–Crippen LogP) is 4.84. The van der Waals surface area contributed by atoms with Gasteiger partial charge in [0.15, 0.2) is 0 Å². The largest absolute Gasteiger partial charge is 0.368 e. The summed E-state index contributed by atoms with van der Waals surface area (Å²) < 4.78 is 0. The third kappa shape index (κ3) is 5.92. The van der Waals surface area contributed by atoms with Crippen molar-refractivity contribution in [1.82, 2.24) is 4.90 Å². The van der Waals surface area contributed by atoms with Gasteiger partial charge in [0.1, 0.15) is 0 Å². The van der Waals surface area contributed by atoms with E-state index >= 15 is 0 Å². The van der Waals surface area contributed by atoms with Crippen molar-refractivity contribution in [3.05, 3.63) is 89.5 Å². The molecular formula is C27H30N4O2. The summed E-state index contributed by atoms with van der Waals surface area (Å²) in [5.74, 6) is 0.180. The lowest BCUT2D eigenvalue weighted by Gasteiger charge is -2.36. The van der Waals surface area contributed by atoms with Crippen molar-refractivity contribution >= 4 is 29.0 Å². The Hall–Kier alpha value is -3.80. The van der Waals surface area contributed by atoms with E-state index in [1.807, 2.05) is 85.5 Å². The molecule has 1 aliphatic rings. The molecule has 6 heteroatoms. The molecule has 0 radical (unpaired) electrons. The summed E-state index contributed by atoms with van der Waals surface area (Å²) in [6, 6.07) is 23.4. The minimum Gasteiger partial charge on any atom is -0.368 e. The molecule has 0 atom stereocenters. The summed E-state index contributed by atoms with van der Waals surface area (Å²) in [5, 5.41) is 5.75. The van der Waals surface area contributed by atoms with E-state index in [-0.39, 0.29) is 11.9 Å². The highest BCUT2D eigenvalue weighted by Crippen LogP contribution is 2.21. The van der Waals surface area contributed by atoms with Gasteiger partial charge in [0, 0.05) is 43.2 Å². The Labute approximate surface area is 195 Å². The van der Waals surface area contributed by atoms with Gasteiger partial charge in [-0.25, -0.2) is 4.79 Å². The van der Waals surface area contributed by atoms with E-state index in [0.717, 1.165) is 41.3 Å². The van der Waals surface area contributed by atoms with Gasteiger partial charge in [0.2, 0.25) is 5.91 Å². The monoisotopic (exact) mass is 442 g/mol. The number of rotatable bonds is 5. The van der Waals surface area contributed by atoms with Crippen molar-refractivity contribution in [2.45, 2.75) is 20.3 Å². The number of hydrogen-bond acceptors (Lipinski definition) is 3. The first-order valence-corrected chi connectivity index (χ1v) is 11.3. The van der Waals surface area contributed by atoms with Gasteiger partial charge >= 0.3 is 6.03 Å². The van der Waals surface area contributed by atoms with Crippen molar-refractivity contribution in [3.8, 4) is 0 Å². The number of carbonyl (C=O) groups is 2. The first-order chi connectivity index (χ1) is 16.0. The lowest BCUT2D eigenvalue weighted by atomic mass is 10.1. The van der Waals surface area contributed by atoms with Gasteiger partial charge in [0.05, 0.1) is 6.42 Å². The number of aryl methyl sites for hydroxylation is 2. The molecule has 170 valence electrons. The van der Waals surface area contributed by atoms with Crippen LogP contribution >= 0.6 is 0 Å². The molecule has 3 aromatic rings. The van der Waals surface area contributed by atoms with Gasteiger partial charge in [-0.1, -0.05) is 48.0 Å². The summed E-state index contributed by atoms with van der Waals surface area (Å²) in [4.78, 5) is 29.2. The molecule has 3 amide bonds. The second kappa shape index (κ2) is 10.2. The summed E-state index contributed by atoms with van der Waals surface area (Å²) in [7, 11) is 0. The molecule has 0 aliphatic carbocycles. The first-order valence-electron chi connectivity index (χ1n) is 11.3. The summed E-state index contributed by atoms with van der Waals surface area (Å²) in [6.45, 7) is 7.01. The fourth-order valence-corrected chi connectivity index (χ4v) is 4.08. The maximum atomic E-state index is 12.7. The van der Waals surface area contributed by atoms with Gasteiger partial charge < -0.3 is 20.4 Å². The van der Waals surface area contributed by atoms with E-state index in [1.54, 1.807) is 0 Å². The Kier molecular flexibility index (Phi) is 6.93. The van der Waals surface area contributed by atoms with Crippen LogP contribution in [0.5, 0.6) is 0 Å². The van der Waals surface area contributed by atoms with Crippen LogP contribution in [0, 0.1) is 13.8 Å². The van der Waals surface area contributed by atoms with Crippen LogP contribution in [0.2, 0.25) is 0 Å². The summed E-state index contributed by atoms with van der Waals surface area (Å²) in [5.41, 5.74) is 5.87. The molecule has 0 spiro atoms. The van der Waals surface area contributed by atoms with Gasteiger partial charge in [-0.15, -0.1) is 0 Å². The molecule has 33 heavy (non-hydrogen) atoms. The highest BCUT2D eigenvalue weighted by atomic mass is 16.2. The third-order valence-electron chi connectivity index (χ3n) is 5.95. The molecule has 0 aromatic heterocycles. The molecular weight excluding hydrogens is 412 g/mol. The maximum Gasteiger partial charge on any atom is 0.323 e. The minimum absolute atomic E-state index is 0.180. The molecule has 4 rings (SSSR count). The molecule has 0 saturated carbocycles. The molecule has 1 fully saturated rings. The Morgan fingerprint density at radius 3 is 2.24 bits per heavy atom. The van der Waals surface area contributed by atoms with Gasteiger partial charge in [-0.2, -0.15) is 0 Å². The fourth-order valence-electron chi connectivity index (χ4n) is 4.08. The van der Waals surface area contributed by atoms with Crippen LogP contribution in [0.15, 0.2) is 72.8 Å². The number of nitrogens with zero attached hydrogens (tertiary/aromatic N) is 2. The van der Waals surface area contributed by atoms with Crippen LogP contribution in [0.25, 0.3) is 0 Å². The Balaban J connectivity index is 1.27. The topological polar surface area (TPSA) is 64.7 Å². The zero-order valence-corrected chi connectivity index (χ0v) is 19.2. The second-order valence-electron chi connectivity index (χ2n) is 8.47. The zero-order chi connectivity index (χ0) is 23.2. The highest BCUT2D eigenvalue weighted by Gasteiger charge is 2.21. The first kappa shape index (κ1) is 22.4. The van der Waals surface area contributed by atoms with Gasteiger partial charge in [0.25, 0.3) is 0 Å². The molecule has 2 N–H and O–H groups in total. The van der Waals surface area contributed by atoms with E-state index in [9.17, 15) is 9.59 Å². The van der Waals surface area contributed by atoms with Gasteiger partial charge in [-0.05, 0) is 55.3 Å². The third-order valence-corrected chi connectivity index (χ3v) is 5.95. The number of nitrogens with one attached hydrogen (secondary N) is 2. The SMILES string of the molecule is Cc1cccc(CC(=O)N2CCN(c3ccc(NC(=O)Nc4ccccc4C)cc3)CC2)c1. The van der Waals surface area contributed by atoms with Crippen molar-refractivity contribution < 1.29 is 9.59 Å². The van der Waals surface area contributed by atoms with Crippen LogP contribution in [0.4, 0.5) is 21.9 Å². The number of amides is 3. The number of urea groups is 1. The number of hydrogen-bond donors (Lipinski definition) is 2. The lowest BCUT2D eigenvalue weighted by Crippen LogP contribution is -2.49. The van der Waals surface area contributed by atoms with E-state index in [0.29, 0.717) is 19.5 Å². The number of benzene rings is 3. The highest BCUT2D eigenvalue weighted by molar-refractivity contribution is 6.00. The molecule has 0 unspecified atom stereocenters. The van der Waals surface area contributed by atoms with Crippen molar-refractivity contribution in [2.24, 2.45) is 0 Å². The molecule has 6 nitrogen and oxygen atoms in total. The molecule has 1 aliphatic heterocycles. The van der Waals surface area contributed by atoms with Gasteiger partial charge in [-0.3, -0.25) is 4.79 Å². The van der Waals surface area contributed by atoms with E-state index < -0.39 is 0 Å². The van der Waals surface area contributed by atoms with Crippen LogP contribution in [-0.4, -0.2) is 43.0 Å². The summed E-state index contributed by atoms with van der Waals surface area (Å²) in [6.07, 6.45) is 0.451. The Morgan fingerprint density at radius 1 is 0.818 bits per heavy atom. The van der Waals surface area contributed by atoms with E-state index in [1.165, 1.54) is 5.56 Å². The lowest BCUT2D eigenvalue weighted by molar-refractivity contribution is -0.130. The van der Waals surface area contributed by atoms with E-state index in [4.69, 9.17) is 0 Å². The maximum absolute atomic E-state index is 12.7. The fraction of sp³-hybridized carbons (Fsp3) is 0.259. The second-order valence-corrected chi connectivity index (χ2v) is 8.47. The molecule has 0 bridgehead atoms. The number of piperazine rings is 1. The number of carbonyl (C=O) groups excluding carboxylic acids is 2. The van der Waals surface area contributed by atoms with Crippen molar-refractivity contribution in [2.75, 3.05) is 41.7 Å². The molecule has 1 saturated heterocycles. The Bertz CT molecular complexity index is 1120. The smallest absolute Gasteiger partial charge is 0.323 e. The number of para-hydroxylation sites is 1. The predicted molar refractivity (Wildman–Crippen MR) is 134 cm³/mol. The van der Waals surface area contributed by atoms with Crippen LogP contribution in [0.3, 0.4) is 0 Å². The standard InChI is InChI=1S/C27H30N4O2/c1-20-6-5-8-22(18-20)19-26(32)31-16-14-30(15-17-31)24-12-10-23(11-13-24)28-27(33)29-25-9-4-3-7-21(25)2/h3-13,18H,14-17,19H2,1-2H3,(H2,28,29,33). The van der Waals surface area contributed by atoms with E-state index in [2.05, 4.69) is 21.6 Å². The summed E-state index contributed by atoms with van der Waals surface area (Å²) >= 11 is 0. The molecule has 1 heterocycles. The molecule has 3 aromatic carbocycles. The van der Waals surface area contributed by atoms with Crippen molar-refractivity contribution in [3.63, 3.8) is 0 Å². The van der Waals surface area contributed by atoms with Crippen molar-refractivity contribution in [1.29, 1.82) is 0 Å². The van der Waals surface area contributed by atoms with Crippen LogP contribution in [0.1, 0.15) is 16.7 Å². The normalized spacial score (nSPS) is 13.5.